The Morgan fingerprint density at radius 3 is 2.58 bits per heavy atom. The molecule has 1 N–H and O–H groups in total. The van der Waals surface area contributed by atoms with Crippen molar-refractivity contribution in [1.82, 2.24) is 0 Å². The van der Waals surface area contributed by atoms with Crippen molar-refractivity contribution >= 4 is 17.6 Å². The van der Waals surface area contributed by atoms with Gasteiger partial charge >= 0.3 is 5.97 Å². The van der Waals surface area contributed by atoms with E-state index in [0.717, 1.165) is 6.07 Å². The Kier molecular flexibility index (Phi) is 5.52. The number of ether oxygens (including phenoxy) is 2. The van der Waals surface area contributed by atoms with Gasteiger partial charge in [-0.3, -0.25) is 4.79 Å². The maximum atomic E-state index is 13.7. The van der Waals surface area contributed by atoms with Crippen molar-refractivity contribution in [3.05, 3.63) is 58.9 Å². The average molecular weight is 331 g/mol. The van der Waals surface area contributed by atoms with Gasteiger partial charge in [0.2, 0.25) is 0 Å². The molecule has 2 aromatic rings. The minimum absolute atomic E-state index is 0.0621. The van der Waals surface area contributed by atoms with E-state index in [-0.39, 0.29) is 17.9 Å². The molecule has 126 valence electrons. The second-order valence-electron chi connectivity index (χ2n) is 5.00. The number of anilines is 1. The Hall–Kier alpha value is -2.89. The van der Waals surface area contributed by atoms with Crippen LogP contribution in [0.25, 0.3) is 0 Å². The number of halogens is 1. The highest BCUT2D eigenvalue weighted by Gasteiger charge is 2.15. The molecule has 0 saturated carbocycles. The van der Waals surface area contributed by atoms with Gasteiger partial charge in [0.15, 0.2) is 11.6 Å². The van der Waals surface area contributed by atoms with Crippen molar-refractivity contribution < 1.29 is 23.5 Å². The summed E-state index contributed by atoms with van der Waals surface area (Å²) < 4.78 is 23.5. The fourth-order valence-corrected chi connectivity index (χ4v) is 2.20. The van der Waals surface area contributed by atoms with Gasteiger partial charge in [0.25, 0.3) is 5.91 Å². The molecule has 0 heterocycles. The molecule has 0 saturated heterocycles. The summed E-state index contributed by atoms with van der Waals surface area (Å²) in [4.78, 5) is 24.2. The van der Waals surface area contributed by atoms with Crippen LogP contribution in [0.2, 0.25) is 0 Å². The average Bonchev–Trinajstić information content (AvgIpc) is 2.56. The van der Waals surface area contributed by atoms with E-state index < -0.39 is 17.7 Å². The first-order valence-electron chi connectivity index (χ1n) is 7.39. The van der Waals surface area contributed by atoms with Crippen LogP contribution >= 0.6 is 0 Å². The lowest BCUT2D eigenvalue weighted by atomic mass is 10.1. The molecule has 0 unspecified atom stereocenters. The summed E-state index contributed by atoms with van der Waals surface area (Å²) in [5, 5.41) is 2.67. The number of methoxy groups -OCH3 is 1. The Labute approximate surface area is 139 Å². The molecule has 0 bridgehead atoms. The normalized spacial score (nSPS) is 10.2. The minimum atomic E-state index is -0.623. The fourth-order valence-electron chi connectivity index (χ4n) is 2.20. The number of benzene rings is 2. The lowest BCUT2D eigenvalue weighted by molar-refractivity contribution is 0.0525. The number of rotatable bonds is 5. The molecule has 0 aliphatic heterocycles. The Morgan fingerprint density at radius 2 is 1.96 bits per heavy atom. The first-order valence-corrected chi connectivity index (χ1v) is 7.39. The maximum Gasteiger partial charge on any atom is 0.338 e. The number of hydrogen-bond donors (Lipinski definition) is 1. The molecule has 2 rings (SSSR count). The fraction of sp³-hybridized carbons (Fsp3) is 0.222. The van der Waals surface area contributed by atoms with E-state index >= 15 is 0 Å². The minimum Gasteiger partial charge on any atom is -0.494 e. The summed E-state index contributed by atoms with van der Waals surface area (Å²) in [7, 11) is 1.35. The Bertz CT molecular complexity index is 774. The molecule has 0 fully saturated rings. The molecule has 5 nitrogen and oxygen atoms in total. The molecule has 2 aromatic carbocycles. The van der Waals surface area contributed by atoms with Crippen molar-refractivity contribution in [3.63, 3.8) is 0 Å². The van der Waals surface area contributed by atoms with Crippen LogP contribution in [-0.2, 0) is 4.74 Å². The summed E-state index contributed by atoms with van der Waals surface area (Å²) in [6.07, 6.45) is 0. The van der Waals surface area contributed by atoms with E-state index in [1.54, 1.807) is 32.0 Å². The van der Waals surface area contributed by atoms with Gasteiger partial charge in [-0.2, -0.15) is 0 Å². The highest BCUT2D eigenvalue weighted by Crippen LogP contribution is 2.22. The zero-order valence-electron chi connectivity index (χ0n) is 13.7. The molecule has 0 atom stereocenters. The zero-order valence-corrected chi connectivity index (χ0v) is 13.7. The number of amides is 1. The van der Waals surface area contributed by atoms with Crippen molar-refractivity contribution in [1.29, 1.82) is 0 Å². The van der Waals surface area contributed by atoms with Crippen LogP contribution < -0.4 is 10.1 Å². The second kappa shape index (κ2) is 7.59. The van der Waals surface area contributed by atoms with Gasteiger partial charge in [0, 0.05) is 11.3 Å². The molecular weight excluding hydrogens is 313 g/mol. The number of hydrogen-bond acceptors (Lipinski definition) is 4. The first-order chi connectivity index (χ1) is 11.5. The number of carbonyl (C=O) groups is 2. The molecule has 24 heavy (non-hydrogen) atoms. The van der Waals surface area contributed by atoms with Crippen LogP contribution in [0.1, 0.15) is 33.2 Å². The quantitative estimate of drug-likeness (QED) is 0.851. The summed E-state index contributed by atoms with van der Waals surface area (Å²) in [6, 6.07) is 8.86. The van der Waals surface area contributed by atoms with Crippen LogP contribution in [0, 0.1) is 12.7 Å². The van der Waals surface area contributed by atoms with Gasteiger partial charge < -0.3 is 14.8 Å². The summed E-state index contributed by atoms with van der Waals surface area (Å²) in [5.74, 6) is -1.50. The zero-order chi connectivity index (χ0) is 17.7. The first kappa shape index (κ1) is 17.5. The van der Waals surface area contributed by atoms with Gasteiger partial charge in [-0.15, -0.1) is 0 Å². The third-order valence-electron chi connectivity index (χ3n) is 3.49. The van der Waals surface area contributed by atoms with Crippen molar-refractivity contribution in [3.8, 4) is 5.75 Å². The molecule has 0 aliphatic carbocycles. The summed E-state index contributed by atoms with van der Waals surface area (Å²) in [6.45, 7) is 3.69. The van der Waals surface area contributed by atoms with E-state index in [1.165, 1.54) is 19.2 Å². The van der Waals surface area contributed by atoms with Gasteiger partial charge in [0.1, 0.15) is 0 Å². The SMILES string of the molecule is CCOC(=O)c1cccc(NC(=O)c2ccc(OC)c(F)c2)c1C. The molecule has 1 amide bonds. The van der Waals surface area contributed by atoms with Gasteiger partial charge in [0.05, 0.1) is 19.3 Å². The monoisotopic (exact) mass is 331 g/mol. The molecule has 0 aliphatic rings. The number of nitrogens with one attached hydrogen (secondary N) is 1. The molecule has 0 radical (unpaired) electrons. The van der Waals surface area contributed by atoms with Crippen molar-refractivity contribution in [2.45, 2.75) is 13.8 Å². The van der Waals surface area contributed by atoms with E-state index in [1.807, 2.05) is 0 Å². The third kappa shape index (κ3) is 3.71. The Balaban J connectivity index is 2.24. The molecular formula is C18H18FNO4. The van der Waals surface area contributed by atoms with E-state index in [4.69, 9.17) is 9.47 Å². The lowest BCUT2D eigenvalue weighted by Gasteiger charge is -2.12. The van der Waals surface area contributed by atoms with Crippen molar-refractivity contribution in [2.24, 2.45) is 0 Å². The molecule has 6 heteroatoms. The van der Waals surface area contributed by atoms with Crippen LogP contribution in [-0.4, -0.2) is 25.6 Å². The van der Waals surface area contributed by atoms with E-state index in [0.29, 0.717) is 16.8 Å². The predicted molar refractivity (Wildman–Crippen MR) is 88.0 cm³/mol. The predicted octanol–water partition coefficient (Wildman–Crippen LogP) is 3.57. The highest BCUT2D eigenvalue weighted by molar-refractivity contribution is 6.05. The third-order valence-corrected chi connectivity index (χ3v) is 3.49. The second-order valence-corrected chi connectivity index (χ2v) is 5.00. The number of carbonyl (C=O) groups excluding carboxylic acids is 2. The summed E-state index contributed by atoms with van der Waals surface area (Å²) in [5.41, 5.74) is 1.56. The standard InChI is InChI=1S/C18H18FNO4/c1-4-24-18(22)13-6-5-7-15(11(13)2)20-17(21)12-8-9-16(23-3)14(19)10-12/h5-10H,4H2,1-3H3,(H,20,21). The van der Waals surface area contributed by atoms with Gasteiger partial charge in [-0.25, -0.2) is 9.18 Å². The van der Waals surface area contributed by atoms with Gasteiger partial charge in [-0.1, -0.05) is 6.07 Å². The highest BCUT2D eigenvalue weighted by atomic mass is 19.1. The summed E-state index contributed by atoms with van der Waals surface area (Å²) >= 11 is 0. The molecule has 0 spiro atoms. The maximum absolute atomic E-state index is 13.7. The molecule has 0 aromatic heterocycles. The Morgan fingerprint density at radius 1 is 1.21 bits per heavy atom. The largest absolute Gasteiger partial charge is 0.494 e. The lowest BCUT2D eigenvalue weighted by Crippen LogP contribution is -2.15. The van der Waals surface area contributed by atoms with Crippen molar-refractivity contribution in [2.75, 3.05) is 19.0 Å². The van der Waals surface area contributed by atoms with Crippen LogP contribution in [0.15, 0.2) is 36.4 Å². The van der Waals surface area contributed by atoms with E-state index in [2.05, 4.69) is 5.32 Å². The van der Waals surface area contributed by atoms with Gasteiger partial charge in [-0.05, 0) is 49.7 Å². The smallest absolute Gasteiger partial charge is 0.338 e. The van der Waals surface area contributed by atoms with Crippen LogP contribution in [0.4, 0.5) is 10.1 Å². The number of esters is 1. The topological polar surface area (TPSA) is 64.6 Å². The van der Waals surface area contributed by atoms with E-state index in [9.17, 15) is 14.0 Å². The van der Waals surface area contributed by atoms with Crippen LogP contribution in [0.5, 0.6) is 5.75 Å². The van der Waals surface area contributed by atoms with Crippen LogP contribution in [0.3, 0.4) is 0 Å².